The van der Waals surface area contributed by atoms with Gasteiger partial charge >= 0.3 is 0 Å². The van der Waals surface area contributed by atoms with Gasteiger partial charge in [-0.1, -0.05) is 0 Å². The lowest BCUT2D eigenvalue weighted by molar-refractivity contribution is -0.125. The molecule has 1 saturated carbocycles. The maximum atomic E-state index is 13.1. The number of hydrogen-bond acceptors (Lipinski definition) is 3. The average Bonchev–Trinajstić information content (AvgIpc) is 2.24. The van der Waals surface area contributed by atoms with Gasteiger partial charge < -0.3 is 15.2 Å². The van der Waals surface area contributed by atoms with E-state index in [-0.39, 0.29) is 12.8 Å². The fourth-order valence-electron chi connectivity index (χ4n) is 2.58. The molecule has 0 radical (unpaired) electrons. The molecule has 0 spiro atoms. The Morgan fingerprint density at radius 2 is 1.56 bits per heavy atom. The first-order chi connectivity index (χ1) is 8.31. The quantitative estimate of drug-likeness (QED) is 0.905. The van der Waals surface area contributed by atoms with Crippen molar-refractivity contribution in [1.29, 1.82) is 0 Å². The number of halogens is 2. The number of benzene rings is 1. The summed E-state index contributed by atoms with van der Waals surface area (Å²) < 4.78 is 36.7. The largest absolute Gasteiger partial charge is 0.496 e. The third-order valence-corrected chi connectivity index (χ3v) is 3.30. The SMILES string of the molecule is COc1cc(C)cc(OC)c1C1(N)CC(F)(F)C1. The lowest BCUT2D eigenvalue weighted by Crippen LogP contribution is -2.55. The molecule has 5 heteroatoms. The van der Waals surface area contributed by atoms with Gasteiger partial charge in [0.25, 0.3) is 5.92 Å². The third kappa shape index (κ3) is 2.03. The van der Waals surface area contributed by atoms with Gasteiger partial charge in [0, 0.05) is 12.8 Å². The number of rotatable bonds is 3. The summed E-state index contributed by atoms with van der Waals surface area (Å²) in [7, 11) is 3.00. The van der Waals surface area contributed by atoms with Gasteiger partial charge in [-0.05, 0) is 24.6 Å². The van der Waals surface area contributed by atoms with Crippen molar-refractivity contribution in [3.8, 4) is 11.5 Å². The van der Waals surface area contributed by atoms with E-state index in [0.29, 0.717) is 17.1 Å². The smallest absolute Gasteiger partial charge is 0.252 e. The summed E-state index contributed by atoms with van der Waals surface area (Å²) in [5.41, 5.74) is 6.45. The minimum atomic E-state index is -2.70. The standard InChI is InChI=1S/C13H17F2NO2/c1-8-4-9(17-2)11(10(5-8)18-3)12(16)6-13(14,15)7-12/h4-5H,6-7,16H2,1-3H3. The lowest BCUT2D eigenvalue weighted by Gasteiger charge is -2.45. The normalized spacial score (nSPS) is 20.1. The van der Waals surface area contributed by atoms with Crippen LogP contribution in [0.5, 0.6) is 11.5 Å². The minimum Gasteiger partial charge on any atom is -0.496 e. The first-order valence-electron chi connectivity index (χ1n) is 5.71. The fraction of sp³-hybridized carbons (Fsp3) is 0.538. The second kappa shape index (κ2) is 4.09. The zero-order chi connectivity index (χ0) is 13.6. The molecule has 1 aromatic rings. The summed E-state index contributed by atoms with van der Waals surface area (Å²) in [6.45, 7) is 1.88. The second-order valence-electron chi connectivity index (χ2n) is 4.91. The topological polar surface area (TPSA) is 44.5 Å². The van der Waals surface area contributed by atoms with E-state index in [1.165, 1.54) is 14.2 Å². The van der Waals surface area contributed by atoms with E-state index in [0.717, 1.165) is 5.56 Å². The number of aryl methyl sites for hydroxylation is 1. The number of ether oxygens (including phenoxy) is 2. The molecule has 0 atom stereocenters. The van der Waals surface area contributed by atoms with Crippen molar-refractivity contribution in [1.82, 2.24) is 0 Å². The Bertz CT molecular complexity index is 441. The molecular weight excluding hydrogens is 240 g/mol. The Balaban J connectivity index is 2.50. The molecule has 3 nitrogen and oxygen atoms in total. The van der Waals surface area contributed by atoms with Gasteiger partial charge in [0.2, 0.25) is 0 Å². The molecule has 100 valence electrons. The Kier molecular flexibility index (Phi) is 2.97. The fourth-order valence-corrected chi connectivity index (χ4v) is 2.58. The van der Waals surface area contributed by atoms with Gasteiger partial charge in [0.1, 0.15) is 11.5 Å². The van der Waals surface area contributed by atoms with Gasteiger partial charge in [-0.3, -0.25) is 0 Å². The van der Waals surface area contributed by atoms with Crippen LogP contribution in [0.15, 0.2) is 12.1 Å². The maximum absolute atomic E-state index is 13.1. The van der Waals surface area contributed by atoms with Gasteiger partial charge in [-0.25, -0.2) is 8.78 Å². The van der Waals surface area contributed by atoms with Gasteiger partial charge in [-0.15, -0.1) is 0 Å². The molecule has 2 N–H and O–H groups in total. The molecule has 18 heavy (non-hydrogen) atoms. The highest BCUT2D eigenvalue weighted by molar-refractivity contribution is 5.53. The van der Waals surface area contributed by atoms with Crippen molar-refractivity contribution >= 4 is 0 Å². The summed E-state index contributed by atoms with van der Waals surface area (Å²) in [5, 5.41) is 0. The van der Waals surface area contributed by atoms with Crippen LogP contribution in [0.2, 0.25) is 0 Å². The number of methoxy groups -OCH3 is 2. The summed E-state index contributed by atoms with van der Waals surface area (Å²) in [6.07, 6.45) is -0.758. The summed E-state index contributed by atoms with van der Waals surface area (Å²) in [5.74, 6) is -1.69. The van der Waals surface area contributed by atoms with E-state index in [4.69, 9.17) is 15.2 Å². The monoisotopic (exact) mass is 257 g/mol. The van der Waals surface area contributed by atoms with Crippen molar-refractivity contribution in [3.05, 3.63) is 23.3 Å². The molecule has 0 heterocycles. The molecule has 0 unspecified atom stereocenters. The molecule has 1 fully saturated rings. The Labute approximate surface area is 105 Å². The van der Waals surface area contributed by atoms with E-state index in [2.05, 4.69) is 0 Å². The molecule has 0 bridgehead atoms. The van der Waals surface area contributed by atoms with Crippen LogP contribution in [0.3, 0.4) is 0 Å². The van der Waals surface area contributed by atoms with Crippen LogP contribution in [0.1, 0.15) is 24.0 Å². The highest BCUT2D eigenvalue weighted by Gasteiger charge is 2.57. The van der Waals surface area contributed by atoms with Gasteiger partial charge in [0.15, 0.2) is 0 Å². The van der Waals surface area contributed by atoms with Crippen LogP contribution in [0, 0.1) is 6.92 Å². The van der Waals surface area contributed by atoms with E-state index >= 15 is 0 Å². The minimum absolute atomic E-state index is 0.379. The van der Waals surface area contributed by atoms with Gasteiger partial charge in [-0.2, -0.15) is 0 Å². The molecule has 0 amide bonds. The zero-order valence-corrected chi connectivity index (χ0v) is 10.7. The molecule has 0 aromatic heterocycles. The van der Waals surface area contributed by atoms with Crippen LogP contribution in [-0.4, -0.2) is 20.1 Å². The summed E-state index contributed by atoms with van der Waals surface area (Å²) in [6, 6.07) is 3.56. The van der Waals surface area contributed by atoms with E-state index in [1.807, 2.05) is 6.92 Å². The first-order valence-corrected chi connectivity index (χ1v) is 5.71. The number of hydrogen-bond donors (Lipinski definition) is 1. The van der Waals surface area contributed by atoms with Crippen molar-refractivity contribution in [2.24, 2.45) is 5.73 Å². The van der Waals surface area contributed by atoms with Crippen LogP contribution >= 0.6 is 0 Å². The Morgan fingerprint density at radius 1 is 1.11 bits per heavy atom. The summed E-state index contributed by atoms with van der Waals surface area (Å²) in [4.78, 5) is 0. The van der Waals surface area contributed by atoms with E-state index < -0.39 is 11.5 Å². The summed E-state index contributed by atoms with van der Waals surface area (Å²) >= 11 is 0. The van der Waals surface area contributed by atoms with E-state index in [9.17, 15) is 8.78 Å². The molecule has 0 aliphatic heterocycles. The first kappa shape index (κ1) is 13.1. The zero-order valence-electron chi connectivity index (χ0n) is 10.7. The maximum Gasteiger partial charge on any atom is 0.252 e. The van der Waals surface area contributed by atoms with Gasteiger partial charge in [0.05, 0.1) is 25.3 Å². The highest BCUT2D eigenvalue weighted by atomic mass is 19.3. The number of alkyl halides is 2. The van der Waals surface area contributed by atoms with Crippen LogP contribution < -0.4 is 15.2 Å². The van der Waals surface area contributed by atoms with E-state index in [1.54, 1.807) is 12.1 Å². The van der Waals surface area contributed by atoms with Crippen molar-refractivity contribution in [2.45, 2.75) is 31.2 Å². The molecule has 1 aliphatic carbocycles. The van der Waals surface area contributed by atoms with Crippen molar-refractivity contribution in [3.63, 3.8) is 0 Å². The number of nitrogens with two attached hydrogens (primary N) is 1. The average molecular weight is 257 g/mol. The van der Waals surface area contributed by atoms with Crippen LogP contribution in [0.25, 0.3) is 0 Å². The second-order valence-corrected chi connectivity index (χ2v) is 4.91. The molecule has 1 aliphatic rings. The van der Waals surface area contributed by atoms with Crippen LogP contribution in [-0.2, 0) is 5.54 Å². The Morgan fingerprint density at radius 3 is 1.89 bits per heavy atom. The van der Waals surface area contributed by atoms with Crippen molar-refractivity contribution < 1.29 is 18.3 Å². The highest BCUT2D eigenvalue weighted by Crippen LogP contribution is 2.54. The third-order valence-electron chi connectivity index (χ3n) is 3.30. The molecule has 1 aromatic carbocycles. The molecule has 0 saturated heterocycles. The molecule has 2 rings (SSSR count). The van der Waals surface area contributed by atoms with Crippen molar-refractivity contribution in [2.75, 3.05) is 14.2 Å². The predicted octanol–water partition coefficient (Wildman–Crippen LogP) is 2.60. The predicted molar refractivity (Wildman–Crippen MR) is 64.3 cm³/mol. The Hall–Kier alpha value is -1.36. The van der Waals surface area contributed by atoms with Crippen LogP contribution in [0.4, 0.5) is 8.78 Å². The lowest BCUT2D eigenvalue weighted by atomic mass is 9.69. The molecular formula is C13H17F2NO2.